The molecule has 1 N–H and O–H groups in total. The first-order valence-corrected chi connectivity index (χ1v) is 5.29. The van der Waals surface area contributed by atoms with Crippen LogP contribution in [0.15, 0.2) is 18.2 Å². The van der Waals surface area contributed by atoms with Crippen LogP contribution in [0, 0.1) is 11.6 Å². The Bertz CT molecular complexity index is 419. The largest absolute Gasteiger partial charge is 0.443 e. The number of hydrogen-bond donors (Lipinski definition) is 1. The molecule has 0 saturated carbocycles. The average Bonchev–Trinajstić information content (AvgIpc) is 2.21. The van der Waals surface area contributed by atoms with E-state index in [1.165, 1.54) is 0 Å². The Labute approximate surface area is 98.8 Å². The summed E-state index contributed by atoms with van der Waals surface area (Å²) in [4.78, 5) is 11.4. The van der Waals surface area contributed by atoms with Crippen molar-refractivity contribution in [1.29, 1.82) is 0 Å². The Morgan fingerprint density at radius 1 is 1.41 bits per heavy atom. The number of benzene rings is 1. The van der Waals surface area contributed by atoms with Gasteiger partial charge in [-0.15, -0.1) is 0 Å². The highest BCUT2D eigenvalue weighted by molar-refractivity contribution is 5.84. The van der Waals surface area contributed by atoms with Gasteiger partial charge in [0.1, 0.15) is 17.2 Å². The van der Waals surface area contributed by atoms with Gasteiger partial charge in [0, 0.05) is 6.07 Å². The molecule has 1 aromatic carbocycles. The lowest BCUT2D eigenvalue weighted by Crippen LogP contribution is -2.30. The minimum absolute atomic E-state index is 0.108. The summed E-state index contributed by atoms with van der Waals surface area (Å²) >= 11 is 0. The molecule has 0 unspecified atom stereocenters. The summed E-state index contributed by atoms with van der Waals surface area (Å²) in [6.45, 7) is 5.35. The molecule has 0 heterocycles. The number of amides is 1. The van der Waals surface area contributed by atoms with E-state index < -0.39 is 23.3 Å². The fourth-order valence-corrected chi connectivity index (χ4v) is 1.05. The fraction of sp³-hybridized carbons (Fsp3) is 0.417. The second kappa shape index (κ2) is 5.12. The van der Waals surface area contributed by atoms with E-state index in [0.717, 1.165) is 12.1 Å². The van der Waals surface area contributed by atoms with Crippen LogP contribution < -0.4 is 5.32 Å². The van der Waals surface area contributed by atoms with Crippen LogP contribution in [0.5, 0.6) is 0 Å². The predicted octanol–water partition coefficient (Wildman–Crippen LogP) is 3.70. The summed E-state index contributed by atoms with van der Waals surface area (Å²) in [5, 5.41) is 2.23. The van der Waals surface area contributed by atoms with Gasteiger partial charge in [0.2, 0.25) is 0 Å². The number of halogens is 2. The van der Waals surface area contributed by atoms with Crippen LogP contribution in [0.1, 0.15) is 27.2 Å². The number of ether oxygens (including phenoxy) is 1. The van der Waals surface area contributed by atoms with Crippen molar-refractivity contribution in [3.8, 4) is 0 Å². The van der Waals surface area contributed by atoms with E-state index in [1.807, 2.05) is 6.92 Å². The van der Waals surface area contributed by atoms with Crippen molar-refractivity contribution in [1.82, 2.24) is 0 Å². The molecule has 0 bridgehead atoms. The van der Waals surface area contributed by atoms with Gasteiger partial charge in [-0.2, -0.15) is 0 Å². The van der Waals surface area contributed by atoms with Gasteiger partial charge in [-0.3, -0.25) is 5.32 Å². The lowest BCUT2D eigenvalue weighted by molar-refractivity contribution is 0.0461. The van der Waals surface area contributed by atoms with E-state index in [0.29, 0.717) is 12.5 Å². The highest BCUT2D eigenvalue weighted by Gasteiger charge is 2.21. The van der Waals surface area contributed by atoms with E-state index in [9.17, 15) is 13.6 Å². The molecular weight excluding hydrogens is 228 g/mol. The van der Waals surface area contributed by atoms with Crippen LogP contribution in [0.2, 0.25) is 0 Å². The number of nitrogens with one attached hydrogen (secondary N) is 1. The van der Waals surface area contributed by atoms with Gasteiger partial charge < -0.3 is 4.74 Å². The first kappa shape index (κ1) is 13.4. The van der Waals surface area contributed by atoms with Crippen molar-refractivity contribution in [2.75, 3.05) is 5.32 Å². The average molecular weight is 243 g/mol. The molecule has 0 aliphatic rings. The normalized spacial score (nSPS) is 11.1. The maximum atomic E-state index is 13.2. The van der Waals surface area contributed by atoms with Crippen LogP contribution in [0.4, 0.5) is 19.3 Å². The summed E-state index contributed by atoms with van der Waals surface area (Å²) in [5.41, 5.74) is -0.732. The zero-order valence-corrected chi connectivity index (χ0v) is 10.0. The first-order chi connectivity index (χ1) is 7.84. The number of anilines is 1. The molecular formula is C12H15F2NO2. The molecule has 0 spiro atoms. The Balaban J connectivity index is 2.69. The Morgan fingerprint density at radius 2 is 2.06 bits per heavy atom. The molecule has 0 aliphatic heterocycles. The number of carbonyl (C=O) groups excluding carboxylic acids is 1. The van der Waals surface area contributed by atoms with Gasteiger partial charge in [-0.05, 0) is 32.4 Å². The Hall–Kier alpha value is -1.65. The van der Waals surface area contributed by atoms with Gasteiger partial charge in [-0.1, -0.05) is 6.92 Å². The third-order valence-corrected chi connectivity index (χ3v) is 2.39. The molecule has 0 saturated heterocycles. The van der Waals surface area contributed by atoms with E-state index >= 15 is 0 Å². The van der Waals surface area contributed by atoms with Gasteiger partial charge in [0.25, 0.3) is 0 Å². The lowest BCUT2D eigenvalue weighted by atomic mass is 10.1. The van der Waals surface area contributed by atoms with Crippen molar-refractivity contribution in [3.63, 3.8) is 0 Å². The summed E-state index contributed by atoms with van der Waals surface area (Å²) in [5.74, 6) is -1.54. The molecule has 0 radical (unpaired) electrons. The minimum Gasteiger partial charge on any atom is -0.443 e. The van der Waals surface area contributed by atoms with E-state index in [2.05, 4.69) is 5.32 Å². The number of rotatable bonds is 3. The molecule has 94 valence electrons. The van der Waals surface area contributed by atoms with E-state index in [-0.39, 0.29) is 5.69 Å². The summed E-state index contributed by atoms with van der Waals surface area (Å²) in [7, 11) is 0. The van der Waals surface area contributed by atoms with Crippen LogP contribution in [0.25, 0.3) is 0 Å². The van der Waals surface area contributed by atoms with E-state index in [4.69, 9.17) is 4.74 Å². The summed E-state index contributed by atoms with van der Waals surface area (Å²) in [6.07, 6.45) is -0.130. The molecule has 0 aliphatic carbocycles. The molecule has 17 heavy (non-hydrogen) atoms. The van der Waals surface area contributed by atoms with Crippen LogP contribution in [0.3, 0.4) is 0 Å². The van der Waals surface area contributed by atoms with Crippen LogP contribution >= 0.6 is 0 Å². The molecule has 5 heteroatoms. The van der Waals surface area contributed by atoms with Crippen molar-refractivity contribution >= 4 is 11.8 Å². The summed E-state index contributed by atoms with van der Waals surface area (Å²) < 4.78 is 30.9. The van der Waals surface area contributed by atoms with Gasteiger partial charge in [0.15, 0.2) is 0 Å². The third kappa shape index (κ3) is 4.01. The molecule has 0 fully saturated rings. The summed E-state index contributed by atoms with van der Waals surface area (Å²) in [6, 6.07) is 2.90. The third-order valence-electron chi connectivity index (χ3n) is 2.39. The molecule has 1 rings (SSSR count). The van der Waals surface area contributed by atoms with Gasteiger partial charge in [0.05, 0.1) is 5.69 Å². The Kier molecular flexibility index (Phi) is 4.04. The molecule has 0 atom stereocenters. The topological polar surface area (TPSA) is 38.3 Å². The van der Waals surface area contributed by atoms with E-state index in [1.54, 1.807) is 13.8 Å². The highest BCUT2D eigenvalue weighted by atomic mass is 19.1. The van der Waals surface area contributed by atoms with Crippen LogP contribution in [-0.4, -0.2) is 11.7 Å². The second-order valence-corrected chi connectivity index (χ2v) is 4.25. The standard InChI is InChI=1S/C12H15F2NO2/c1-4-12(2,3)17-11(16)15-10-6-5-8(13)7-9(10)14/h5-7H,4H2,1-3H3,(H,15,16). The lowest BCUT2D eigenvalue weighted by Gasteiger charge is -2.23. The monoisotopic (exact) mass is 243 g/mol. The zero-order valence-electron chi connectivity index (χ0n) is 10.0. The fourth-order valence-electron chi connectivity index (χ4n) is 1.05. The van der Waals surface area contributed by atoms with Crippen molar-refractivity contribution in [3.05, 3.63) is 29.8 Å². The molecule has 0 aromatic heterocycles. The number of hydrogen-bond acceptors (Lipinski definition) is 2. The van der Waals surface area contributed by atoms with Crippen molar-refractivity contribution < 1.29 is 18.3 Å². The molecule has 1 amide bonds. The first-order valence-electron chi connectivity index (χ1n) is 5.29. The van der Waals surface area contributed by atoms with Gasteiger partial charge >= 0.3 is 6.09 Å². The highest BCUT2D eigenvalue weighted by Crippen LogP contribution is 2.18. The molecule has 1 aromatic rings. The van der Waals surface area contributed by atoms with Gasteiger partial charge in [-0.25, -0.2) is 13.6 Å². The predicted molar refractivity (Wildman–Crippen MR) is 60.8 cm³/mol. The van der Waals surface area contributed by atoms with Crippen molar-refractivity contribution in [2.24, 2.45) is 0 Å². The maximum absolute atomic E-state index is 13.2. The van der Waals surface area contributed by atoms with Crippen molar-refractivity contribution in [2.45, 2.75) is 32.8 Å². The Morgan fingerprint density at radius 3 is 2.59 bits per heavy atom. The zero-order chi connectivity index (χ0) is 13.1. The van der Waals surface area contributed by atoms with Crippen LogP contribution in [-0.2, 0) is 4.74 Å². The maximum Gasteiger partial charge on any atom is 0.412 e. The quantitative estimate of drug-likeness (QED) is 0.879. The second-order valence-electron chi connectivity index (χ2n) is 4.25. The minimum atomic E-state index is -0.837. The SMILES string of the molecule is CCC(C)(C)OC(=O)Nc1ccc(F)cc1F. The number of carbonyl (C=O) groups is 1. The molecule has 3 nitrogen and oxygen atoms in total. The smallest absolute Gasteiger partial charge is 0.412 e.